The van der Waals surface area contributed by atoms with Gasteiger partial charge < -0.3 is 9.80 Å². The fourth-order valence-corrected chi connectivity index (χ4v) is 6.15. The molecule has 2 aromatic rings. The summed E-state index contributed by atoms with van der Waals surface area (Å²) in [5.41, 5.74) is 0. The maximum Gasteiger partial charge on any atom is 0.264 e. The fraction of sp³-hybridized carbons (Fsp3) is 0.400. The minimum Gasteiger partial charge on any atom is -0.338 e. The van der Waals surface area contributed by atoms with Gasteiger partial charge in [-0.25, -0.2) is 8.42 Å². The first-order valence-electron chi connectivity index (χ1n) is 9.77. The quantitative estimate of drug-likeness (QED) is 0.692. The van der Waals surface area contributed by atoms with Gasteiger partial charge in [0.15, 0.2) is 0 Å². The zero-order valence-corrected chi connectivity index (χ0v) is 18.6. The Morgan fingerprint density at radius 3 is 2.33 bits per heavy atom. The third-order valence-corrected chi connectivity index (χ3v) is 8.56. The summed E-state index contributed by atoms with van der Waals surface area (Å²) in [6.45, 7) is 1.63. The summed E-state index contributed by atoms with van der Waals surface area (Å²) in [5, 5.41) is 2.32. The average Bonchev–Trinajstić information content (AvgIpc) is 3.45. The van der Waals surface area contributed by atoms with Gasteiger partial charge in [0, 0.05) is 37.7 Å². The monoisotopic (exact) mass is 467 g/mol. The van der Waals surface area contributed by atoms with Crippen LogP contribution in [0.15, 0.2) is 46.7 Å². The Morgan fingerprint density at radius 1 is 1.00 bits per heavy atom. The molecular weight excluding hydrogens is 446 g/mol. The second-order valence-corrected chi connectivity index (χ2v) is 10.6. The van der Waals surface area contributed by atoms with Crippen molar-refractivity contribution in [3.8, 4) is 0 Å². The van der Waals surface area contributed by atoms with Gasteiger partial charge in [0.1, 0.15) is 6.04 Å². The zero-order chi connectivity index (χ0) is 21.3. The Kier molecular flexibility index (Phi) is 6.15. The van der Waals surface area contributed by atoms with Crippen molar-refractivity contribution >= 4 is 44.8 Å². The number of likely N-dealkylation sites (tertiary alicyclic amines) is 1. The normalized spacial score (nSPS) is 20.5. The van der Waals surface area contributed by atoms with Crippen LogP contribution >= 0.6 is 22.9 Å². The van der Waals surface area contributed by atoms with Crippen LogP contribution in [0.2, 0.25) is 5.02 Å². The number of piperazine rings is 1. The standard InChI is InChI=1S/C20H22ClN3O4S2/c21-15-5-7-16(8-6-15)30(27,28)23-12-10-22(11-13-23)19(25)17-3-1-9-24(17)20(26)18-4-2-14-29-18/h2,4-8,14,17H,1,3,9-13H2/t17-/m0/s1. The molecule has 2 aliphatic heterocycles. The van der Waals surface area contributed by atoms with Gasteiger partial charge in [-0.2, -0.15) is 4.31 Å². The fourth-order valence-electron chi connectivity index (χ4n) is 3.92. The number of carbonyl (C=O) groups excluding carboxylic acids is 2. The van der Waals surface area contributed by atoms with E-state index in [-0.39, 0.29) is 29.8 Å². The molecule has 160 valence electrons. The molecule has 30 heavy (non-hydrogen) atoms. The van der Waals surface area contributed by atoms with Gasteiger partial charge in [-0.15, -0.1) is 11.3 Å². The molecule has 0 bridgehead atoms. The first-order valence-corrected chi connectivity index (χ1v) is 12.5. The van der Waals surface area contributed by atoms with E-state index in [1.54, 1.807) is 28.0 Å². The molecular formula is C20H22ClN3O4S2. The van der Waals surface area contributed by atoms with Gasteiger partial charge in [-0.3, -0.25) is 9.59 Å². The lowest BCUT2D eigenvalue weighted by molar-refractivity contribution is -0.136. The lowest BCUT2D eigenvalue weighted by atomic mass is 10.1. The molecule has 2 saturated heterocycles. The van der Waals surface area contributed by atoms with Crippen LogP contribution in [0.1, 0.15) is 22.5 Å². The van der Waals surface area contributed by atoms with Crippen LogP contribution in [-0.2, 0) is 14.8 Å². The van der Waals surface area contributed by atoms with Crippen LogP contribution in [0.25, 0.3) is 0 Å². The number of thiophene rings is 1. The van der Waals surface area contributed by atoms with Crippen molar-refractivity contribution in [3.05, 3.63) is 51.7 Å². The summed E-state index contributed by atoms with van der Waals surface area (Å²) in [6.07, 6.45) is 1.43. The summed E-state index contributed by atoms with van der Waals surface area (Å²) < 4.78 is 27.1. The SMILES string of the molecule is O=C([C@@H]1CCCN1C(=O)c1cccs1)N1CCN(S(=O)(=O)c2ccc(Cl)cc2)CC1. The van der Waals surface area contributed by atoms with Crippen LogP contribution in [0.4, 0.5) is 0 Å². The van der Waals surface area contributed by atoms with Crippen molar-refractivity contribution in [1.29, 1.82) is 0 Å². The highest BCUT2D eigenvalue weighted by Crippen LogP contribution is 2.25. The van der Waals surface area contributed by atoms with Crippen molar-refractivity contribution in [2.45, 2.75) is 23.8 Å². The van der Waals surface area contributed by atoms with E-state index in [9.17, 15) is 18.0 Å². The summed E-state index contributed by atoms with van der Waals surface area (Å²) >= 11 is 7.22. The van der Waals surface area contributed by atoms with E-state index < -0.39 is 16.1 Å². The second kappa shape index (κ2) is 8.66. The van der Waals surface area contributed by atoms with Gasteiger partial charge in [-0.05, 0) is 48.6 Å². The molecule has 1 atom stereocenters. The topological polar surface area (TPSA) is 78.0 Å². The summed E-state index contributed by atoms with van der Waals surface area (Å²) in [4.78, 5) is 30.0. The van der Waals surface area contributed by atoms with Gasteiger partial charge in [0.25, 0.3) is 5.91 Å². The van der Waals surface area contributed by atoms with Crippen LogP contribution in [0.3, 0.4) is 0 Å². The molecule has 1 aromatic carbocycles. The third kappa shape index (κ3) is 4.12. The van der Waals surface area contributed by atoms with Gasteiger partial charge >= 0.3 is 0 Å². The second-order valence-electron chi connectivity index (χ2n) is 7.32. The molecule has 0 spiro atoms. The molecule has 0 N–H and O–H groups in total. The number of sulfonamides is 1. The number of rotatable bonds is 4. The van der Waals surface area contributed by atoms with Crippen LogP contribution in [0.5, 0.6) is 0 Å². The highest BCUT2D eigenvalue weighted by atomic mass is 35.5. The van der Waals surface area contributed by atoms with E-state index in [1.165, 1.54) is 27.8 Å². The predicted octanol–water partition coefficient (Wildman–Crippen LogP) is 2.54. The molecule has 0 saturated carbocycles. The molecule has 0 unspecified atom stereocenters. The summed E-state index contributed by atoms with van der Waals surface area (Å²) in [5.74, 6) is -0.203. The number of carbonyl (C=O) groups is 2. The molecule has 7 nitrogen and oxygen atoms in total. The first kappa shape index (κ1) is 21.3. The maximum absolute atomic E-state index is 13.1. The summed E-state index contributed by atoms with van der Waals surface area (Å²) in [6, 6.07) is 9.20. The Hall–Kier alpha value is -1.94. The van der Waals surface area contributed by atoms with Crippen molar-refractivity contribution in [1.82, 2.24) is 14.1 Å². The highest BCUT2D eigenvalue weighted by Gasteiger charge is 2.39. The van der Waals surface area contributed by atoms with Crippen molar-refractivity contribution in [2.75, 3.05) is 32.7 Å². The Labute approximate surface area is 184 Å². The molecule has 4 rings (SSSR count). The summed E-state index contributed by atoms with van der Waals surface area (Å²) in [7, 11) is -3.63. The van der Waals surface area contributed by atoms with Crippen LogP contribution in [0, 0.1) is 0 Å². The van der Waals surface area contributed by atoms with E-state index in [4.69, 9.17) is 11.6 Å². The number of hydrogen-bond donors (Lipinski definition) is 0. The van der Waals surface area contributed by atoms with Crippen molar-refractivity contribution in [2.24, 2.45) is 0 Å². The largest absolute Gasteiger partial charge is 0.338 e. The maximum atomic E-state index is 13.1. The molecule has 0 radical (unpaired) electrons. The van der Waals surface area contributed by atoms with Crippen LogP contribution < -0.4 is 0 Å². The lowest BCUT2D eigenvalue weighted by Gasteiger charge is -2.36. The number of amides is 2. The minimum atomic E-state index is -3.63. The minimum absolute atomic E-state index is 0.0963. The number of nitrogens with zero attached hydrogens (tertiary/aromatic N) is 3. The molecule has 2 aliphatic rings. The zero-order valence-electron chi connectivity index (χ0n) is 16.2. The van der Waals surface area contributed by atoms with E-state index in [0.717, 1.165) is 6.42 Å². The third-order valence-electron chi connectivity index (χ3n) is 5.53. The number of halogens is 1. The molecule has 2 amide bonds. The molecule has 1 aromatic heterocycles. The Bertz CT molecular complexity index is 1020. The van der Waals surface area contributed by atoms with E-state index in [0.29, 0.717) is 36.0 Å². The lowest BCUT2D eigenvalue weighted by Crippen LogP contribution is -2.55. The van der Waals surface area contributed by atoms with E-state index in [1.807, 2.05) is 11.4 Å². The molecule has 2 fully saturated rings. The molecule has 10 heteroatoms. The number of benzene rings is 1. The van der Waals surface area contributed by atoms with Crippen LogP contribution in [-0.4, -0.2) is 73.1 Å². The average molecular weight is 468 g/mol. The Balaban J connectivity index is 1.40. The van der Waals surface area contributed by atoms with E-state index in [2.05, 4.69) is 0 Å². The predicted molar refractivity (Wildman–Crippen MR) is 115 cm³/mol. The highest BCUT2D eigenvalue weighted by molar-refractivity contribution is 7.89. The van der Waals surface area contributed by atoms with Gasteiger partial charge in [0.05, 0.1) is 9.77 Å². The first-order chi connectivity index (χ1) is 14.4. The van der Waals surface area contributed by atoms with Gasteiger partial charge in [0.2, 0.25) is 15.9 Å². The van der Waals surface area contributed by atoms with Crippen molar-refractivity contribution < 1.29 is 18.0 Å². The van der Waals surface area contributed by atoms with Crippen molar-refractivity contribution in [3.63, 3.8) is 0 Å². The molecule has 0 aliphatic carbocycles. The van der Waals surface area contributed by atoms with E-state index >= 15 is 0 Å². The smallest absolute Gasteiger partial charge is 0.264 e. The van der Waals surface area contributed by atoms with Gasteiger partial charge in [-0.1, -0.05) is 17.7 Å². The number of hydrogen-bond acceptors (Lipinski definition) is 5. The molecule has 3 heterocycles. The Morgan fingerprint density at radius 2 is 1.70 bits per heavy atom.